The van der Waals surface area contributed by atoms with Gasteiger partial charge >= 0.3 is 17.9 Å². The minimum Gasteiger partial charge on any atom is -0.481 e. The van der Waals surface area contributed by atoms with Gasteiger partial charge in [0.05, 0.1) is 25.6 Å². The van der Waals surface area contributed by atoms with Gasteiger partial charge in [-0.2, -0.15) is 0 Å². The molecule has 5 N–H and O–H groups in total. The van der Waals surface area contributed by atoms with Crippen LogP contribution in [0, 0.1) is 0 Å². The van der Waals surface area contributed by atoms with Crippen molar-refractivity contribution in [2.24, 2.45) is 0 Å². The third-order valence-corrected chi connectivity index (χ3v) is 2.40. The Hall–Kier alpha value is -1.71. The summed E-state index contributed by atoms with van der Waals surface area (Å²) in [6.45, 7) is 3.25. The van der Waals surface area contributed by atoms with Crippen molar-refractivity contribution in [2.75, 3.05) is 13.2 Å². The first-order valence-electron chi connectivity index (χ1n) is 6.71. The van der Waals surface area contributed by atoms with Crippen LogP contribution >= 0.6 is 0 Å². The Balaban J connectivity index is 0. The number of carboxylic acid groups (broad SMARTS) is 3. The number of hydrogen-bond donors (Lipinski definition) is 5. The number of hydrogen-bond acceptors (Lipinski definition) is 6. The van der Waals surface area contributed by atoms with E-state index in [0.717, 1.165) is 6.42 Å². The van der Waals surface area contributed by atoms with E-state index in [4.69, 9.17) is 30.3 Å². The number of rotatable bonds is 10. The first-order valence-corrected chi connectivity index (χ1v) is 6.71. The Morgan fingerprint density at radius 1 is 1.09 bits per heavy atom. The van der Waals surface area contributed by atoms with Crippen molar-refractivity contribution in [3.63, 3.8) is 0 Å². The molecule has 22 heavy (non-hydrogen) atoms. The Kier molecular flexibility index (Phi) is 12.2. The topological polar surface area (TPSA) is 162 Å². The van der Waals surface area contributed by atoms with Crippen LogP contribution in [0.1, 0.15) is 39.5 Å². The molecule has 0 aromatic carbocycles. The molecule has 0 radical (unpaired) electrons. The Bertz CT molecular complexity index is 335. The summed E-state index contributed by atoms with van der Waals surface area (Å²) in [6.07, 6.45) is -1.05. The fourth-order valence-electron chi connectivity index (χ4n) is 1.28. The Morgan fingerprint density at radius 3 is 1.73 bits per heavy atom. The number of aliphatic hydroxyl groups is 2. The highest BCUT2D eigenvalue weighted by Gasteiger charge is 2.44. The zero-order valence-corrected chi connectivity index (χ0v) is 12.7. The zero-order chi connectivity index (χ0) is 17.8. The van der Waals surface area contributed by atoms with Crippen molar-refractivity contribution >= 4 is 17.9 Å². The standard InChI is InChI=1S/C10H16O7.C3H8O2/c1-2-3-4-17-10(9(15)16,5-7(11)12)6-8(13)14;1-3(5)2-4/h2-6H2,1H3,(H,11,12)(H,13,14)(H,15,16);3-5H,2H2,1H3. The fourth-order valence-corrected chi connectivity index (χ4v) is 1.28. The molecule has 0 saturated heterocycles. The number of ether oxygens (including phenoxy) is 1. The molecule has 0 aliphatic heterocycles. The lowest BCUT2D eigenvalue weighted by Crippen LogP contribution is -2.45. The lowest BCUT2D eigenvalue weighted by atomic mass is 9.95. The highest BCUT2D eigenvalue weighted by molar-refractivity contribution is 5.88. The molecule has 1 unspecified atom stereocenters. The van der Waals surface area contributed by atoms with Crippen molar-refractivity contribution in [3.05, 3.63) is 0 Å². The minimum atomic E-state index is -2.19. The van der Waals surface area contributed by atoms with E-state index in [1.165, 1.54) is 6.92 Å². The van der Waals surface area contributed by atoms with E-state index in [9.17, 15) is 14.4 Å². The minimum absolute atomic E-state index is 0.0172. The first kappa shape index (κ1) is 22.6. The molecule has 0 aromatic heterocycles. The van der Waals surface area contributed by atoms with Gasteiger partial charge in [-0.25, -0.2) is 4.79 Å². The van der Waals surface area contributed by atoms with Gasteiger partial charge < -0.3 is 30.3 Å². The third kappa shape index (κ3) is 11.0. The van der Waals surface area contributed by atoms with Crippen LogP contribution < -0.4 is 0 Å². The second kappa shape index (κ2) is 11.9. The molecule has 130 valence electrons. The van der Waals surface area contributed by atoms with Crippen LogP contribution in [0.3, 0.4) is 0 Å². The molecular formula is C13H24O9. The molecule has 0 bridgehead atoms. The average molecular weight is 324 g/mol. The van der Waals surface area contributed by atoms with E-state index in [0.29, 0.717) is 6.42 Å². The van der Waals surface area contributed by atoms with Gasteiger partial charge in [0.1, 0.15) is 0 Å². The molecule has 0 aromatic rings. The van der Waals surface area contributed by atoms with E-state index < -0.39 is 42.5 Å². The van der Waals surface area contributed by atoms with Crippen molar-refractivity contribution in [3.8, 4) is 0 Å². The molecular weight excluding hydrogens is 300 g/mol. The molecule has 0 spiro atoms. The van der Waals surface area contributed by atoms with E-state index in [-0.39, 0.29) is 13.2 Å². The highest BCUT2D eigenvalue weighted by Crippen LogP contribution is 2.22. The van der Waals surface area contributed by atoms with Gasteiger partial charge in [0, 0.05) is 6.61 Å². The van der Waals surface area contributed by atoms with E-state index in [1.54, 1.807) is 0 Å². The summed E-state index contributed by atoms with van der Waals surface area (Å²) >= 11 is 0. The van der Waals surface area contributed by atoms with Crippen LogP contribution in [0.5, 0.6) is 0 Å². The zero-order valence-electron chi connectivity index (χ0n) is 12.7. The second-order valence-corrected chi connectivity index (χ2v) is 4.67. The number of aliphatic carboxylic acids is 3. The van der Waals surface area contributed by atoms with Gasteiger partial charge in [-0.3, -0.25) is 9.59 Å². The first-order chi connectivity index (χ1) is 10.1. The molecule has 1 atom stereocenters. The summed E-state index contributed by atoms with van der Waals surface area (Å²) < 4.78 is 4.99. The average Bonchev–Trinajstić information content (AvgIpc) is 2.37. The second-order valence-electron chi connectivity index (χ2n) is 4.67. The Morgan fingerprint density at radius 2 is 1.50 bits per heavy atom. The third-order valence-electron chi connectivity index (χ3n) is 2.40. The van der Waals surface area contributed by atoms with Gasteiger partial charge in [-0.15, -0.1) is 0 Å². The molecule has 9 nitrogen and oxygen atoms in total. The van der Waals surface area contributed by atoms with Gasteiger partial charge in [0.15, 0.2) is 5.60 Å². The normalized spacial score (nSPS) is 12.0. The lowest BCUT2D eigenvalue weighted by molar-refractivity contribution is -0.178. The number of aliphatic hydroxyl groups excluding tert-OH is 2. The van der Waals surface area contributed by atoms with Crippen molar-refractivity contribution in [1.29, 1.82) is 0 Å². The maximum Gasteiger partial charge on any atom is 0.337 e. The molecule has 0 amide bonds. The lowest BCUT2D eigenvalue weighted by Gasteiger charge is -2.26. The van der Waals surface area contributed by atoms with Crippen molar-refractivity contribution < 1.29 is 44.7 Å². The van der Waals surface area contributed by atoms with Gasteiger partial charge in [-0.1, -0.05) is 13.3 Å². The monoisotopic (exact) mass is 324 g/mol. The summed E-state index contributed by atoms with van der Waals surface area (Å²) in [7, 11) is 0. The molecule has 0 fully saturated rings. The van der Waals surface area contributed by atoms with E-state index >= 15 is 0 Å². The predicted molar refractivity (Wildman–Crippen MR) is 74.5 cm³/mol. The van der Waals surface area contributed by atoms with Crippen LogP contribution in [0.2, 0.25) is 0 Å². The summed E-state index contributed by atoms with van der Waals surface area (Å²) in [5.41, 5.74) is -2.19. The van der Waals surface area contributed by atoms with Crippen LogP contribution in [0.25, 0.3) is 0 Å². The fraction of sp³-hybridized carbons (Fsp3) is 0.769. The van der Waals surface area contributed by atoms with Crippen molar-refractivity contribution in [2.45, 2.75) is 51.2 Å². The van der Waals surface area contributed by atoms with Crippen LogP contribution in [0.4, 0.5) is 0 Å². The van der Waals surface area contributed by atoms with Gasteiger partial charge in [0.2, 0.25) is 0 Å². The maximum absolute atomic E-state index is 11.0. The SMILES string of the molecule is CC(O)CO.CCCCOC(CC(=O)O)(CC(=O)O)C(=O)O. The summed E-state index contributed by atoms with van der Waals surface area (Å²) in [5, 5.41) is 42.2. The van der Waals surface area contributed by atoms with E-state index in [2.05, 4.69) is 0 Å². The molecule has 0 rings (SSSR count). The van der Waals surface area contributed by atoms with Crippen LogP contribution in [-0.2, 0) is 19.1 Å². The van der Waals surface area contributed by atoms with E-state index in [1.807, 2.05) is 6.92 Å². The molecule has 0 saturated carbocycles. The number of unbranched alkanes of at least 4 members (excludes halogenated alkanes) is 1. The molecule has 0 heterocycles. The summed E-state index contributed by atoms with van der Waals surface area (Å²) in [4.78, 5) is 32.2. The number of carboxylic acids is 3. The van der Waals surface area contributed by atoms with Crippen LogP contribution in [-0.4, -0.2) is 68.4 Å². The number of carbonyl (C=O) groups is 3. The summed E-state index contributed by atoms with van der Waals surface area (Å²) in [6, 6.07) is 0. The molecule has 0 aliphatic carbocycles. The predicted octanol–water partition coefficient (Wildman–Crippen LogP) is -0.0646. The largest absolute Gasteiger partial charge is 0.481 e. The maximum atomic E-state index is 11.0. The highest BCUT2D eigenvalue weighted by atomic mass is 16.5. The van der Waals surface area contributed by atoms with Gasteiger partial charge in [-0.05, 0) is 13.3 Å². The van der Waals surface area contributed by atoms with Gasteiger partial charge in [0.25, 0.3) is 0 Å². The Labute approximate surface area is 128 Å². The molecule has 0 aliphatic rings. The van der Waals surface area contributed by atoms with Crippen LogP contribution in [0.15, 0.2) is 0 Å². The quantitative estimate of drug-likeness (QED) is 0.346. The smallest absolute Gasteiger partial charge is 0.337 e. The van der Waals surface area contributed by atoms with Crippen molar-refractivity contribution in [1.82, 2.24) is 0 Å². The summed E-state index contributed by atoms with van der Waals surface area (Å²) in [5.74, 6) is -4.39. The molecule has 9 heteroatoms.